The molecule has 0 aliphatic carbocycles. The fraction of sp³-hybridized carbons (Fsp3) is 0.500. The summed E-state index contributed by atoms with van der Waals surface area (Å²) in [5.74, 6) is 1.74. The van der Waals surface area contributed by atoms with Crippen molar-refractivity contribution >= 4 is 17.3 Å². The van der Waals surface area contributed by atoms with Crippen LogP contribution in [-0.4, -0.2) is 24.5 Å². The first-order valence-corrected chi connectivity index (χ1v) is 5.09. The number of anilines is 1. The summed E-state index contributed by atoms with van der Waals surface area (Å²) in [6.45, 7) is 2.95. The Kier molecular flexibility index (Phi) is 4.53. The number of alkyl halides is 1. The summed E-state index contributed by atoms with van der Waals surface area (Å²) >= 11 is 5.70. The summed E-state index contributed by atoms with van der Waals surface area (Å²) in [4.78, 5) is 4.02. The second-order valence-electron chi connectivity index (χ2n) is 3.23. The summed E-state index contributed by atoms with van der Waals surface area (Å²) in [7, 11) is 1.60. The Bertz CT molecular complexity index is 281. The predicted molar refractivity (Wildman–Crippen MR) is 59.2 cm³/mol. The molecule has 0 bridgehead atoms. The van der Waals surface area contributed by atoms with Gasteiger partial charge in [0.2, 0.25) is 5.88 Å². The third-order valence-electron chi connectivity index (χ3n) is 1.86. The van der Waals surface area contributed by atoms with E-state index in [4.69, 9.17) is 16.3 Å². The molecule has 3 nitrogen and oxygen atoms in total. The molecule has 0 saturated heterocycles. The van der Waals surface area contributed by atoms with Gasteiger partial charge in [0.25, 0.3) is 0 Å². The highest BCUT2D eigenvalue weighted by Crippen LogP contribution is 2.13. The summed E-state index contributed by atoms with van der Waals surface area (Å²) in [5, 5.41) is 3.27. The van der Waals surface area contributed by atoms with Crippen molar-refractivity contribution in [1.82, 2.24) is 4.98 Å². The number of ether oxygens (including phenoxy) is 1. The fourth-order valence-corrected chi connectivity index (χ4v) is 1.09. The molecule has 1 atom stereocenters. The molecule has 1 heterocycles. The Morgan fingerprint density at radius 3 is 3.07 bits per heavy atom. The summed E-state index contributed by atoms with van der Waals surface area (Å²) in [5.41, 5.74) is 1.01. The monoisotopic (exact) mass is 214 g/mol. The number of rotatable bonds is 5. The maximum absolute atomic E-state index is 5.70. The van der Waals surface area contributed by atoms with Crippen LogP contribution in [0.5, 0.6) is 5.88 Å². The van der Waals surface area contributed by atoms with Crippen molar-refractivity contribution in [2.75, 3.05) is 24.9 Å². The van der Waals surface area contributed by atoms with Gasteiger partial charge in [0.1, 0.15) is 0 Å². The smallest absolute Gasteiger partial charge is 0.214 e. The van der Waals surface area contributed by atoms with Crippen LogP contribution in [0.3, 0.4) is 0 Å². The van der Waals surface area contributed by atoms with Crippen molar-refractivity contribution in [3.8, 4) is 5.88 Å². The number of nitrogens with one attached hydrogen (secondary N) is 1. The first kappa shape index (κ1) is 11.1. The van der Waals surface area contributed by atoms with Gasteiger partial charge < -0.3 is 10.1 Å². The Morgan fingerprint density at radius 2 is 2.43 bits per heavy atom. The molecule has 1 rings (SSSR count). The molecular weight excluding hydrogens is 200 g/mol. The lowest BCUT2D eigenvalue weighted by Crippen LogP contribution is -2.12. The van der Waals surface area contributed by atoms with Crippen molar-refractivity contribution in [1.29, 1.82) is 0 Å². The number of methoxy groups -OCH3 is 1. The molecule has 1 aromatic heterocycles. The van der Waals surface area contributed by atoms with E-state index >= 15 is 0 Å². The van der Waals surface area contributed by atoms with Gasteiger partial charge in [-0.05, 0) is 12.0 Å². The van der Waals surface area contributed by atoms with Gasteiger partial charge in [0, 0.05) is 30.4 Å². The quantitative estimate of drug-likeness (QED) is 0.765. The van der Waals surface area contributed by atoms with E-state index in [1.54, 1.807) is 13.3 Å². The van der Waals surface area contributed by atoms with Crippen LogP contribution >= 0.6 is 11.6 Å². The molecule has 0 aliphatic heterocycles. The highest BCUT2D eigenvalue weighted by Gasteiger charge is 2.00. The van der Waals surface area contributed by atoms with E-state index in [0.29, 0.717) is 17.7 Å². The van der Waals surface area contributed by atoms with Crippen LogP contribution in [0.15, 0.2) is 18.3 Å². The number of halogens is 1. The average Bonchev–Trinajstić information content (AvgIpc) is 2.26. The van der Waals surface area contributed by atoms with E-state index in [2.05, 4.69) is 17.2 Å². The second-order valence-corrected chi connectivity index (χ2v) is 3.54. The highest BCUT2D eigenvalue weighted by molar-refractivity contribution is 6.18. The molecule has 0 amide bonds. The van der Waals surface area contributed by atoms with E-state index in [0.717, 1.165) is 12.2 Å². The Hall–Kier alpha value is -0.960. The predicted octanol–water partition coefficient (Wildman–Crippen LogP) is 2.38. The number of aromatic nitrogens is 1. The molecule has 0 fully saturated rings. The van der Waals surface area contributed by atoms with Crippen LogP contribution in [0, 0.1) is 5.92 Å². The third kappa shape index (κ3) is 3.42. The lowest BCUT2D eigenvalue weighted by Gasteiger charge is -2.10. The Morgan fingerprint density at radius 1 is 1.64 bits per heavy atom. The maximum Gasteiger partial charge on any atom is 0.214 e. The van der Waals surface area contributed by atoms with E-state index < -0.39 is 0 Å². The zero-order chi connectivity index (χ0) is 10.4. The zero-order valence-electron chi connectivity index (χ0n) is 8.46. The molecule has 0 spiro atoms. The van der Waals surface area contributed by atoms with Crippen LogP contribution in [0.4, 0.5) is 5.69 Å². The molecule has 0 saturated carbocycles. The van der Waals surface area contributed by atoms with Gasteiger partial charge in [0.15, 0.2) is 0 Å². The molecule has 1 unspecified atom stereocenters. The summed E-state index contributed by atoms with van der Waals surface area (Å²) in [6, 6.07) is 3.77. The first-order chi connectivity index (χ1) is 6.76. The second kappa shape index (κ2) is 5.70. The standard InChI is InChI=1S/C10H15ClN2O/c1-8(6-11)7-13-9-3-4-12-10(5-9)14-2/h3-5,8H,6-7H2,1-2H3,(H,12,13). The van der Waals surface area contributed by atoms with Crippen molar-refractivity contribution in [3.05, 3.63) is 18.3 Å². The van der Waals surface area contributed by atoms with Crippen LogP contribution < -0.4 is 10.1 Å². The number of nitrogens with zero attached hydrogens (tertiary/aromatic N) is 1. The van der Waals surface area contributed by atoms with Crippen molar-refractivity contribution < 1.29 is 4.74 Å². The molecule has 0 radical (unpaired) electrons. The number of pyridine rings is 1. The average molecular weight is 215 g/mol. The molecule has 0 aromatic carbocycles. The largest absolute Gasteiger partial charge is 0.481 e. The minimum Gasteiger partial charge on any atom is -0.481 e. The molecule has 78 valence electrons. The van der Waals surface area contributed by atoms with Gasteiger partial charge in [0.05, 0.1) is 7.11 Å². The van der Waals surface area contributed by atoms with Gasteiger partial charge in [-0.25, -0.2) is 4.98 Å². The van der Waals surface area contributed by atoms with Gasteiger partial charge >= 0.3 is 0 Å². The van der Waals surface area contributed by atoms with Crippen molar-refractivity contribution in [2.45, 2.75) is 6.92 Å². The zero-order valence-corrected chi connectivity index (χ0v) is 9.21. The van der Waals surface area contributed by atoms with E-state index in [1.807, 2.05) is 12.1 Å². The summed E-state index contributed by atoms with van der Waals surface area (Å²) in [6.07, 6.45) is 1.71. The normalized spacial score (nSPS) is 12.2. The maximum atomic E-state index is 5.70. The molecule has 1 aromatic rings. The van der Waals surface area contributed by atoms with Crippen LogP contribution in [0.2, 0.25) is 0 Å². The van der Waals surface area contributed by atoms with Crippen LogP contribution in [0.25, 0.3) is 0 Å². The van der Waals surface area contributed by atoms with Gasteiger partial charge in [-0.1, -0.05) is 6.92 Å². The highest BCUT2D eigenvalue weighted by atomic mass is 35.5. The minimum atomic E-state index is 0.454. The third-order valence-corrected chi connectivity index (χ3v) is 2.39. The topological polar surface area (TPSA) is 34.1 Å². The van der Waals surface area contributed by atoms with E-state index in [9.17, 15) is 0 Å². The number of hydrogen-bond acceptors (Lipinski definition) is 3. The lowest BCUT2D eigenvalue weighted by atomic mass is 10.2. The summed E-state index contributed by atoms with van der Waals surface area (Å²) < 4.78 is 5.01. The van der Waals surface area contributed by atoms with E-state index in [1.165, 1.54) is 0 Å². The first-order valence-electron chi connectivity index (χ1n) is 4.56. The van der Waals surface area contributed by atoms with Gasteiger partial charge in [-0.3, -0.25) is 0 Å². The molecular formula is C10H15ClN2O. The molecule has 1 N–H and O–H groups in total. The fourth-order valence-electron chi connectivity index (χ4n) is 0.978. The molecule has 0 aliphatic rings. The molecule has 4 heteroatoms. The van der Waals surface area contributed by atoms with Crippen molar-refractivity contribution in [3.63, 3.8) is 0 Å². The van der Waals surface area contributed by atoms with E-state index in [-0.39, 0.29) is 0 Å². The molecule has 14 heavy (non-hydrogen) atoms. The lowest BCUT2D eigenvalue weighted by molar-refractivity contribution is 0.398. The number of hydrogen-bond donors (Lipinski definition) is 1. The van der Waals surface area contributed by atoms with Crippen LogP contribution in [-0.2, 0) is 0 Å². The van der Waals surface area contributed by atoms with Crippen molar-refractivity contribution in [2.24, 2.45) is 5.92 Å². The van der Waals surface area contributed by atoms with Gasteiger partial charge in [-0.15, -0.1) is 11.6 Å². The minimum absolute atomic E-state index is 0.454. The van der Waals surface area contributed by atoms with Gasteiger partial charge in [-0.2, -0.15) is 0 Å². The SMILES string of the molecule is COc1cc(NCC(C)CCl)ccn1. The Labute approximate surface area is 89.4 Å². The Balaban J connectivity index is 2.50. The van der Waals surface area contributed by atoms with Crippen LogP contribution in [0.1, 0.15) is 6.92 Å².